The van der Waals surface area contributed by atoms with Crippen molar-refractivity contribution >= 4 is 23.2 Å². The van der Waals surface area contributed by atoms with Crippen LogP contribution in [0.5, 0.6) is 0 Å². The number of hydrogen-bond donors (Lipinski definition) is 0. The molecule has 2 aliphatic heterocycles. The van der Waals surface area contributed by atoms with Crippen molar-refractivity contribution in [3.8, 4) is 0 Å². The molecule has 3 rings (SSSR count). The summed E-state index contributed by atoms with van der Waals surface area (Å²) in [6.45, 7) is 5.09. The van der Waals surface area contributed by atoms with Crippen LogP contribution in [0.2, 0.25) is 0 Å². The van der Waals surface area contributed by atoms with Crippen LogP contribution in [0, 0.1) is 0 Å². The lowest BCUT2D eigenvalue weighted by atomic mass is 9.95. The minimum Gasteiger partial charge on any atom is -0.379 e. The van der Waals surface area contributed by atoms with E-state index in [-0.39, 0.29) is 17.4 Å². The van der Waals surface area contributed by atoms with Crippen LogP contribution in [-0.2, 0) is 9.53 Å². The molecule has 5 nitrogen and oxygen atoms in total. The van der Waals surface area contributed by atoms with Crippen LogP contribution >= 0.6 is 11.3 Å². The third-order valence-corrected chi connectivity index (χ3v) is 5.36. The fraction of sp³-hybridized carbons (Fsp3) is 0.625. The van der Waals surface area contributed by atoms with Crippen molar-refractivity contribution in [3.05, 3.63) is 22.4 Å². The highest BCUT2D eigenvalue weighted by Gasteiger charge is 2.46. The lowest BCUT2D eigenvalue weighted by Gasteiger charge is -2.40. The summed E-state index contributed by atoms with van der Waals surface area (Å²) in [6, 6.07) is 3.74. The second-order valence-corrected chi connectivity index (χ2v) is 6.97. The Kier molecular flexibility index (Phi) is 4.49. The molecule has 6 heteroatoms. The van der Waals surface area contributed by atoms with Crippen LogP contribution in [0.1, 0.15) is 35.9 Å². The molecule has 2 amide bonds. The smallest absolute Gasteiger partial charge is 0.264 e. The van der Waals surface area contributed by atoms with E-state index < -0.39 is 0 Å². The van der Waals surface area contributed by atoms with Gasteiger partial charge in [-0.2, -0.15) is 0 Å². The number of amides is 2. The molecular weight excluding hydrogens is 300 g/mol. The predicted octanol–water partition coefficient (Wildman–Crippen LogP) is 1.99. The highest BCUT2D eigenvalue weighted by molar-refractivity contribution is 7.12. The first-order chi connectivity index (χ1) is 10.7. The van der Waals surface area contributed by atoms with Crippen LogP contribution in [0.3, 0.4) is 0 Å². The fourth-order valence-corrected chi connectivity index (χ4v) is 4.09. The monoisotopic (exact) mass is 322 g/mol. The van der Waals surface area contributed by atoms with Gasteiger partial charge in [0.2, 0.25) is 5.91 Å². The first-order valence-electron chi connectivity index (χ1n) is 7.87. The summed E-state index contributed by atoms with van der Waals surface area (Å²) in [4.78, 5) is 29.8. The average Bonchev–Trinajstić information content (AvgIpc) is 3.17. The van der Waals surface area contributed by atoms with Crippen molar-refractivity contribution in [1.82, 2.24) is 9.80 Å². The number of carbonyl (C=O) groups is 2. The highest BCUT2D eigenvalue weighted by atomic mass is 32.1. The SMILES string of the molecule is CCCN1C(=O)CCN(C(=O)c2cccs2)CC12CCOC2. The van der Waals surface area contributed by atoms with E-state index in [0.29, 0.717) is 32.7 Å². The summed E-state index contributed by atoms with van der Waals surface area (Å²) in [5.41, 5.74) is -0.337. The molecule has 1 spiro atoms. The maximum absolute atomic E-state index is 12.7. The van der Waals surface area contributed by atoms with Crippen LogP contribution in [0.4, 0.5) is 0 Å². The van der Waals surface area contributed by atoms with Gasteiger partial charge in [-0.05, 0) is 24.3 Å². The molecule has 1 atom stereocenters. The molecule has 2 fully saturated rings. The number of thiophene rings is 1. The maximum atomic E-state index is 12.7. The first-order valence-corrected chi connectivity index (χ1v) is 8.75. The van der Waals surface area contributed by atoms with E-state index in [4.69, 9.17) is 4.74 Å². The van der Waals surface area contributed by atoms with E-state index in [9.17, 15) is 9.59 Å². The van der Waals surface area contributed by atoms with Gasteiger partial charge in [0, 0.05) is 32.7 Å². The Labute approximate surface area is 134 Å². The Morgan fingerprint density at radius 2 is 2.36 bits per heavy atom. The molecule has 22 heavy (non-hydrogen) atoms. The summed E-state index contributed by atoms with van der Waals surface area (Å²) in [5, 5.41) is 1.91. The van der Waals surface area contributed by atoms with E-state index in [2.05, 4.69) is 6.92 Å². The molecule has 1 unspecified atom stereocenters. The zero-order valence-electron chi connectivity index (χ0n) is 12.9. The Balaban J connectivity index is 1.87. The van der Waals surface area contributed by atoms with E-state index in [1.54, 1.807) is 0 Å². The van der Waals surface area contributed by atoms with Crippen molar-refractivity contribution < 1.29 is 14.3 Å². The summed E-state index contributed by atoms with van der Waals surface area (Å²) >= 11 is 1.45. The average molecular weight is 322 g/mol. The molecule has 1 aromatic heterocycles. The van der Waals surface area contributed by atoms with Crippen LogP contribution in [-0.4, -0.2) is 60.0 Å². The molecular formula is C16H22N2O3S. The van der Waals surface area contributed by atoms with Crippen molar-refractivity contribution in [2.75, 3.05) is 32.8 Å². The second-order valence-electron chi connectivity index (χ2n) is 6.03. The Hall–Kier alpha value is -1.40. The standard InChI is InChI=1S/C16H22N2O3S/c1-2-7-18-14(19)5-8-17(11-16(18)6-9-21-12-16)15(20)13-4-3-10-22-13/h3-4,10H,2,5-9,11-12H2,1H3. The van der Waals surface area contributed by atoms with Crippen LogP contribution in [0.15, 0.2) is 17.5 Å². The Morgan fingerprint density at radius 3 is 3.00 bits per heavy atom. The lowest BCUT2D eigenvalue weighted by Crippen LogP contribution is -2.57. The normalized spacial score (nSPS) is 25.8. The van der Waals surface area contributed by atoms with Crippen LogP contribution < -0.4 is 0 Å². The molecule has 0 N–H and O–H groups in total. The van der Waals surface area contributed by atoms with Gasteiger partial charge in [-0.3, -0.25) is 9.59 Å². The third kappa shape index (κ3) is 2.77. The van der Waals surface area contributed by atoms with Crippen molar-refractivity contribution in [3.63, 3.8) is 0 Å². The third-order valence-electron chi connectivity index (χ3n) is 4.50. The van der Waals surface area contributed by atoms with Gasteiger partial charge >= 0.3 is 0 Å². The van der Waals surface area contributed by atoms with E-state index in [1.165, 1.54) is 11.3 Å². The summed E-state index contributed by atoms with van der Waals surface area (Å²) < 4.78 is 5.61. The van der Waals surface area contributed by atoms with E-state index >= 15 is 0 Å². The second kappa shape index (κ2) is 6.38. The van der Waals surface area contributed by atoms with Crippen molar-refractivity contribution in [2.45, 2.75) is 31.7 Å². The van der Waals surface area contributed by atoms with Crippen LogP contribution in [0.25, 0.3) is 0 Å². The summed E-state index contributed by atoms with van der Waals surface area (Å²) in [7, 11) is 0. The van der Waals surface area contributed by atoms with Gasteiger partial charge in [0.05, 0.1) is 17.0 Å². The highest BCUT2D eigenvalue weighted by Crippen LogP contribution is 2.31. The molecule has 0 aromatic carbocycles. The van der Waals surface area contributed by atoms with Gasteiger partial charge in [0.25, 0.3) is 5.91 Å². The molecule has 1 aromatic rings. The number of ether oxygens (including phenoxy) is 1. The fourth-order valence-electron chi connectivity index (χ4n) is 3.40. The quantitative estimate of drug-likeness (QED) is 0.855. The zero-order valence-corrected chi connectivity index (χ0v) is 13.7. The van der Waals surface area contributed by atoms with E-state index in [1.807, 2.05) is 27.3 Å². The molecule has 0 saturated carbocycles. The van der Waals surface area contributed by atoms with Gasteiger partial charge in [-0.1, -0.05) is 13.0 Å². The minimum absolute atomic E-state index is 0.0347. The maximum Gasteiger partial charge on any atom is 0.264 e. The molecule has 2 aliphatic rings. The molecule has 120 valence electrons. The Morgan fingerprint density at radius 1 is 1.50 bits per heavy atom. The predicted molar refractivity (Wildman–Crippen MR) is 85.0 cm³/mol. The topological polar surface area (TPSA) is 49.9 Å². The largest absolute Gasteiger partial charge is 0.379 e. The summed E-state index contributed by atoms with van der Waals surface area (Å²) in [6.07, 6.45) is 2.14. The van der Waals surface area contributed by atoms with Gasteiger partial charge < -0.3 is 14.5 Å². The van der Waals surface area contributed by atoms with E-state index in [0.717, 1.165) is 24.3 Å². The molecule has 0 aliphatic carbocycles. The number of carbonyl (C=O) groups excluding carboxylic acids is 2. The Bertz CT molecular complexity index is 538. The first kappa shape index (κ1) is 15.5. The zero-order chi connectivity index (χ0) is 15.6. The van der Waals surface area contributed by atoms with Gasteiger partial charge in [-0.15, -0.1) is 11.3 Å². The van der Waals surface area contributed by atoms with Gasteiger partial charge in [0.15, 0.2) is 0 Å². The van der Waals surface area contributed by atoms with Gasteiger partial charge in [-0.25, -0.2) is 0 Å². The molecule has 3 heterocycles. The van der Waals surface area contributed by atoms with Crippen molar-refractivity contribution in [1.29, 1.82) is 0 Å². The van der Waals surface area contributed by atoms with Crippen molar-refractivity contribution in [2.24, 2.45) is 0 Å². The lowest BCUT2D eigenvalue weighted by molar-refractivity contribution is -0.136. The summed E-state index contributed by atoms with van der Waals surface area (Å²) in [5.74, 6) is 0.182. The number of nitrogens with zero attached hydrogens (tertiary/aromatic N) is 2. The number of hydrogen-bond acceptors (Lipinski definition) is 4. The number of rotatable bonds is 3. The molecule has 0 bridgehead atoms. The van der Waals surface area contributed by atoms with Gasteiger partial charge in [0.1, 0.15) is 0 Å². The molecule has 2 saturated heterocycles. The molecule has 0 radical (unpaired) electrons. The minimum atomic E-state index is -0.337.